The van der Waals surface area contributed by atoms with Crippen LogP contribution >= 0.6 is 12.4 Å². The van der Waals surface area contributed by atoms with Gasteiger partial charge in [0.2, 0.25) is 5.91 Å². The molecule has 0 aromatic heterocycles. The van der Waals surface area contributed by atoms with E-state index in [4.69, 9.17) is 0 Å². The number of halogens is 1. The van der Waals surface area contributed by atoms with Gasteiger partial charge in [-0.1, -0.05) is 37.3 Å². The van der Waals surface area contributed by atoms with E-state index in [1.54, 1.807) is 6.26 Å². The van der Waals surface area contributed by atoms with E-state index in [0.717, 1.165) is 31.5 Å². The van der Waals surface area contributed by atoms with E-state index in [2.05, 4.69) is 17.6 Å². The van der Waals surface area contributed by atoms with Crippen molar-refractivity contribution in [2.24, 2.45) is 11.8 Å². The molecular formula is C18H29ClN2O2S. The van der Waals surface area contributed by atoms with Crippen LogP contribution in [-0.2, 0) is 15.6 Å². The van der Waals surface area contributed by atoms with E-state index in [0.29, 0.717) is 24.0 Å². The van der Waals surface area contributed by atoms with Gasteiger partial charge in [-0.3, -0.25) is 9.00 Å². The first kappa shape index (κ1) is 21.1. The van der Waals surface area contributed by atoms with Crippen molar-refractivity contribution in [2.45, 2.75) is 32.2 Å². The second-order valence-corrected chi connectivity index (χ2v) is 8.02. The van der Waals surface area contributed by atoms with E-state index >= 15 is 0 Å². The highest BCUT2D eigenvalue weighted by molar-refractivity contribution is 7.84. The fourth-order valence-corrected chi connectivity index (χ4v) is 4.01. The summed E-state index contributed by atoms with van der Waals surface area (Å²) < 4.78 is 11.6. The van der Waals surface area contributed by atoms with E-state index < -0.39 is 10.8 Å². The molecule has 136 valence electrons. The number of amides is 1. The highest BCUT2D eigenvalue weighted by Crippen LogP contribution is 2.24. The third-order valence-electron chi connectivity index (χ3n) is 4.63. The molecule has 1 aliphatic heterocycles. The van der Waals surface area contributed by atoms with Gasteiger partial charge in [-0.05, 0) is 43.3 Å². The van der Waals surface area contributed by atoms with Gasteiger partial charge >= 0.3 is 0 Å². The highest BCUT2D eigenvalue weighted by atomic mass is 35.5. The van der Waals surface area contributed by atoms with E-state index in [-0.39, 0.29) is 24.4 Å². The monoisotopic (exact) mass is 372 g/mol. The lowest BCUT2D eigenvalue weighted by atomic mass is 9.84. The molecular weight excluding hydrogens is 344 g/mol. The molecule has 4 nitrogen and oxygen atoms in total. The third kappa shape index (κ3) is 6.91. The molecule has 3 unspecified atom stereocenters. The lowest BCUT2D eigenvalue weighted by Gasteiger charge is -2.28. The highest BCUT2D eigenvalue weighted by Gasteiger charge is 2.23. The van der Waals surface area contributed by atoms with Crippen LogP contribution in [0, 0.1) is 11.8 Å². The number of rotatable bonds is 7. The molecule has 1 saturated heterocycles. The molecule has 24 heavy (non-hydrogen) atoms. The smallest absolute Gasteiger partial charge is 0.220 e. The van der Waals surface area contributed by atoms with Crippen LogP contribution in [0.2, 0.25) is 0 Å². The summed E-state index contributed by atoms with van der Waals surface area (Å²) in [5, 5.41) is 6.45. The molecule has 6 heteroatoms. The Kier molecular flexibility index (Phi) is 9.56. The molecule has 0 bridgehead atoms. The minimum Gasteiger partial charge on any atom is -0.348 e. The van der Waals surface area contributed by atoms with Crippen LogP contribution in [0.3, 0.4) is 0 Å². The van der Waals surface area contributed by atoms with Crippen molar-refractivity contribution in [2.75, 3.05) is 25.1 Å². The normalized spacial score (nSPS) is 18.9. The standard InChI is InChI=1S/C18H28N2O2S.ClH/c1-14(15-8-10-19-11-9-15)12-18(21)20-17(13-23(2)22)16-6-4-3-5-7-16;/h3-7,14-15,17,19H,8-13H2,1-2H3,(H,20,21);1H. The SMILES string of the molecule is CC(CC(=O)NC(CS(C)=O)c1ccccc1)C1CCNCC1.Cl. The lowest BCUT2D eigenvalue weighted by molar-refractivity contribution is -0.123. The zero-order valence-electron chi connectivity index (χ0n) is 14.5. The van der Waals surface area contributed by atoms with Crippen molar-refractivity contribution in [3.05, 3.63) is 35.9 Å². The fraction of sp³-hybridized carbons (Fsp3) is 0.611. The number of nitrogens with one attached hydrogen (secondary N) is 2. The van der Waals surface area contributed by atoms with Gasteiger partial charge < -0.3 is 10.6 Å². The van der Waals surface area contributed by atoms with E-state index in [1.165, 1.54) is 0 Å². The number of hydrogen-bond donors (Lipinski definition) is 2. The zero-order valence-corrected chi connectivity index (χ0v) is 16.1. The topological polar surface area (TPSA) is 58.2 Å². The van der Waals surface area contributed by atoms with Crippen molar-refractivity contribution in [1.82, 2.24) is 10.6 Å². The summed E-state index contributed by atoms with van der Waals surface area (Å²) in [6.45, 7) is 4.28. The van der Waals surface area contributed by atoms with E-state index in [9.17, 15) is 9.00 Å². The van der Waals surface area contributed by atoms with Gasteiger partial charge in [-0.2, -0.15) is 0 Å². The number of hydrogen-bond acceptors (Lipinski definition) is 3. The Labute approximate surface area is 154 Å². The van der Waals surface area contributed by atoms with Gasteiger partial charge in [-0.15, -0.1) is 12.4 Å². The summed E-state index contributed by atoms with van der Waals surface area (Å²) in [6, 6.07) is 9.64. The molecule has 1 aromatic carbocycles. The van der Waals surface area contributed by atoms with Crippen LogP contribution in [0.5, 0.6) is 0 Å². The van der Waals surface area contributed by atoms with Gasteiger partial charge in [0.15, 0.2) is 0 Å². The number of carbonyl (C=O) groups is 1. The first-order valence-electron chi connectivity index (χ1n) is 8.41. The predicted molar refractivity (Wildman–Crippen MR) is 103 cm³/mol. The molecule has 1 amide bonds. The average molecular weight is 373 g/mol. The van der Waals surface area contributed by atoms with Crippen molar-refractivity contribution in [3.8, 4) is 0 Å². The summed E-state index contributed by atoms with van der Waals surface area (Å²) in [6.07, 6.45) is 4.52. The minimum absolute atomic E-state index is 0. The van der Waals surface area contributed by atoms with Crippen LogP contribution in [0.25, 0.3) is 0 Å². The Bertz CT molecular complexity index is 521. The van der Waals surface area contributed by atoms with Crippen LogP contribution in [0.1, 0.15) is 37.8 Å². The first-order chi connectivity index (χ1) is 11.1. The van der Waals surface area contributed by atoms with Gasteiger partial charge in [0.05, 0.1) is 6.04 Å². The molecule has 0 aliphatic carbocycles. The third-order valence-corrected chi connectivity index (χ3v) is 5.44. The summed E-state index contributed by atoms with van der Waals surface area (Å²) in [5.41, 5.74) is 1.02. The van der Waals surface area contributed by atoms with E-state index in [1.807, 2.05) is 30.3 Å². The van der Waals surface area contributed by atoms with Crippen molar-refractivity contribution < 1.29 is 9.00 Å². The Morgan fingerprint density at radius 3 is 2.50 bits per heavy atom. The molecule has 2 rings (SSSR count). The van der Waals surface area contributed by atoms with Crippen molar-refractivity contribution >= 4 is 29.1 Å². The number of carbonyl (C=O) groups excluding carboxylic acids is 1. The lowest BCUT2D eigenvalue weighted by Crippen LogP contribution is -2.36. The largest absolute Gasteiger partial charge is 0.348 e. The minimum atomic E-state index is -0.953. The van der Waals surface area contributed by atoms with Crippen LogP contribution < -0.4 is 10.6 Å². The number of benzene rings is 1. The summed E-state index contributed by atoms with van der Waals surface area (Å²) in [7, 11) is -0.953. The van der Waals surface area contributed by atoms with Crippen LogP contribution in [-0.4, -0.2) is 35.2 Å². The van der Waals surface area contributed by atoms with Crippen molar-refractivity contribution in [1.29, 1.82) is 0 Å². The first-order valence-corrected chi connectivity index (χ1v) is 10.1. The molecule has 1 aromatic rings. The summed E-state index contributed by atoms with van der Waals surface area (Å²) in [4.78, 5) is 12.4. The molecule has 2 N–H and O–H groups in total. The molecule has 1 aliphatic rings. The van der Waals surface area contributed by atoms with Crippen LogP contribution in [0.4, 0.5) is 0 Å². The average Bonchev–Trinajstić information content (AvgIpc) is 2.55. The summed E-state index contributed by atoms with van der Waals surface area (Å²) >= 11 is 0. The second kappa shape index (κ2) is 10.9. The van der Waals surface area contributed by atoms with Crippen molar-refractivity contribution in [3.63, 3.8) is 0 Å². The molecule has 0 saturated carbocycles. The van der Waals surface area contributed by atoms with Gasteiger partial charge in [0.25, 0.3) is 0 Å². The maximum atomic E-state index is 12.4. The van der Waals surface area contributed by atoms with Gasteiger partial charge in [-0.25, -0.2) is 0 Å². The maximum absolute atomic E-state index is 12.4. The molecule has 1 heterocycles. The molecule has 3 atom stereocenters. The zero-order chi connectivity index (χ0) is 16.7. The Morgan fingerprint density at radius 2 is 1.92 bits per heavy atom. The Balaban J connectivity index is 0.00000288. The number of piperidine rings is 1. The van der Waals surface area contributed by atoms with Gasteiger partial charge in [0, 0.05) is 29.2 Å². The van der Waals surface area contributed by atoms with Crippen LogP contribution in [0.15, 0.2) is 30.3 Å². The summed E-state index contributed by atoms with van der Waals surface area (Å²) in [5.74, 6) is 1.53. The van der Waals surface area contributed by atoms with Gasteiger partial charge in [0.1, 0.15) is 0 Å². The molecule has 0 spiro atoms. The second-order valence-electron chi connectivity index (χ2n) is 6.54. The fourth-order valence-electron chi connectivity index (χ4n) is 3.27. The quantitative estimate of drug-likeness (QED) is 0.773. The Hall–Kier alpha value is -0.910. The predicted octanol–water partition coefficient (Wildman–Crippen LogP) is 2.67. The maximum Gasteiger partial charge on any atom is 0.220 e. The molecule has 1 fully saturated rings. The molecule has 0 radical (unpaired) electrons. The Morgan fingerprint density at radius 1 is 1.29 bits per heavy atom.